The fraction of sp³-hybridized carbons (Fsp3) is 0.622. The minimum atomic E-state index is 0.0573. The van der Waals surface area contributed by atoms with Crippen LogP contribution in [0.25, 0.3) is 0 Å². The second kappa shape index (κ2) is 37.8. The molecular weight excluding hydrogens is 595 g/mol. The van der Waals surface area contributed by atoms with Crippen LogP contribution in [0.1, 0.15) is 112 Å². The number of rotatable bonds is 8. The Kier molecular flexibility index (Phi) is 42.8. The Balaban J connectivity index is -0.000000153. The number of carbonyl (C=O) groups excluding carboxylic acids is 3. The summed E-state index contributed by atoms with van der Waals surface area (Å²) in [7, 11) is 0. The molecule has 0 radical (unpaired) electrons. The van der Waals surface area contributed by atoms with Crippen molar-refractivity contribution in [1.29, 1.82) is 0 Å². The van der Waals surface area contributed by atoms with Crippen LogP contribution in [0, 0.1) is 45.5 Å². The van der Waals surface area contributed by atoms with Gasteiger partial charge in [-0.25, -0.2) is 4.98 Å². The maximum Gasteiger partial charge on any atom is 0.226 e. The maximum absolute atomic E-state index is 10.2. The van der Waals surface area contributed by atoms with Gasteiger partial charge in [-0.05, 0) is 102 Å². The van der Waals surface area contributed by atoms with E-state index in [-0.39, 0.29) is 5.91 Å². The highest BCUT2D eigenvalue weighted by Crippen LogP contribution is 2.31. The van der Waals surface area contributed by atoms with Crippen molar-refractivity contribution in [1.82, 2.24) is 19.9 Å². The van der Waals surface area contributed by atoms with Crippen LogP contribution in [0.5, 0.6) is 0 Å². The van der Waals surface area contributed by atoms with E-state index in [0.29, 0.717) is 24.0 Å². The molecule has 0 spiro atoms. The number of hydrogen-bond acceptors (Lipinski definition) is 6. The first-order valence-corrected chi connectivity index (χ1v) is 17.1. The van der Waals surface area contributed by atoms with Crippen molar-refractivity contribution in [3.63, 3.8) is 0 Å². The van der Waals surface area contributed by atoms with Gasteiger partial charge in [-0.1, -0.05) is 41.5 Å². The number of carbonyl (C=O) groups is 3. The molecule has 3 amide bonds. The number of aromatic nitrogens is 1. The van der Waals surface area contributed by atoms with E-state index in [0.717, 1.165) is 36.1 Å². The molecule has 0 aromatic carbocycles. The molecule has 4 rings (SSSR count). The Hall–Kier alpha value is -3.43. The zero-order valence-corrected chi connectivity index (χ0v) is 31.7. The van der Waals surface area contributed by atoms with Gasteiger partial charge in [-0.2, -0.15) is 0 Å². The molecule has 46 heavy (non-hydrogen) atoms. The fourth-order valence-electron chi connectivity index (χ4n) is 3.13. The molecule has 1 unspecified atom stereocenters. The summed E-state index contributed by atoms with van der Waals surface area (Å²) >= 11 is 1.55. The van der Waals surface area contributed by atoms with Gasteiger partial charge in [0.05, 0.1) is 0 Å². The zero-order valence-electron chi connectivity index (χ0n) is 30.9. The number of anilines is 1. The molecule has 8 nitrogen and oxygen atoms in total. The van der Waals surface area contributed by atoms with Gasteiger partial charge in [0.15, 0.2) is 0 Å². The number of pyridine rings is 1. The topological polar surface area (TPSA) is 103 Å². The minimum Gasteiger partial charge on any atom is -0.367 e. The molecule has 3 aliphatic rings. The SMILES string of the molecule is C#C.C#C.C=C.CC.CC.CC(=O)NSC1CC1.C[C@@H]1CCCN1C=O.Cc1cc(C)nc(NC(C)C(C)C)c1.O=CNC1CC1. The van der Waals surface area contributed by atoms with Crippen LogP contribution in [0.2, 0.25) is 0 Å². The van der Waals surface area contributed by atoms with Crippen molar-refractivity contribution in [2.24, 2.45) is 5.92 Å². The zero-order chi connectivity index (χ0) is 37.1. The lowest BCUT2D eigenvalue weighted by Crippen LogP contribution is -2.24. The van der Waals surface area contributed by atoms with Gasteiger partial charge < -0.3 is 20.3 Å². The van der Waals surface area contributed by atoms with Gasteiger partial charge in [-0.3, -0.25) is 14.4 Å². The summed E-state index contributed by atoms with van der Waals surface area (Å²) in [6.45, 7) is 29.3. The van der Waals surface area contributed by atoms with Crippen LogP contribution >= 0.6 is 11.9 Å². The lowest BCUT2D eigenvalue weighted by Gasteiger charge is -2.18. The number of hydrogen-bond donors (Lipinski definition) is 3. The predicted molar refractivity (Wildman–Crippen MR) is 203 cm³/mol. The van der Waals surface area contributed by atoms with E-state index >= 15 is 0 Å². The van der Waals surface area contributed by atoms with E-state index in [1.807, 2.05) is 39.5 Å². The molecule has 3 fully saturated rings. The number of terminal acetylenes is 2. The van der Waals surface area contributed by atoms with Crippen LogP contribution in [0.15, 0.2) is 25.3 Å². The normalized spacial score (nSPS) is 15.1. The standard InChI is InChI=1S/C12H20N2.C6H11NO.C5H9NOS.C4H7NO.2C2H6.C2H4.2C2H2/c1-8(2)11(5)14-12-7-9(3)6-10(4)13-12;1-6-3-2-4-7(6)5-8;1-4(7)6-8-5-2-3-5;6-3-5-4-1-2-4;5*1-2/h6-8,11H,1-5H3,(H,13,14);5-6H,2-4H2,1H3;5H,2-3H2,1H3,(H,6,7);3-4H,1-2H2,(H,5,6);2*1-2H3;1-2H2;2*1-2H/t;6-;;;;;;;/m.1......./s1. The molecule has 264 valence electrons. The second-order valence-corrected chi connectivity index (χ2v) is 11.3. The summed E-state index contributed by atoms with van der Waals surface area (Å²) in [6.07, 6.45) is 25.0. The van der Waals surface area contributed by atoms with E-state index in [2.05, 4.69) is 106 Å². The molecule has 2 saturated carbocycles. The number of nitrogens with one attached hydrogen (secondary N) is 3. The molecule has 2 heterocycles. The molecule has 3 N–H and O–H groups in total. The molecule has 2 aliphatic carbocycles. The van der Waals surface area contributed by atoms with E-state index in [9.17, 15) is 14.4 Å². The van der Waals surface area contributed by atoms with Crippen LogP contribution in [-0.2, 0) is 14.4 Å². The predicted octanol–water partition coefficient (Wildman–Crippen LogP) is 7.96. The van der Waals surface area contributed by atoms with Crippen LogP contribution in [0.4, 0.5) is 5.82 Å². The third-order valence-corrected chi connectivity index (χ3v) is 7.20. The third kappa shape index (κ3) is 35.1. The number of aryl methyl sites for hydroxylation is 2. The largest absolute Gasteiger partial charge is 0.367 e. The quantitative estimate of drug-likeness (QED) is 0.113. The Morgan fingerprint density at radius 2 is 1.50 bits per heavy atom. The highest BCUT2D eigenvalue weighted by molar-refractivity contribution is 7.98. The van der Waals surface area contributed by atoms with Gasteiger partial charge in [0.1, 0.15) is 5.82 Å². The second-order valence-electron chi connectivity index (χ2n) is 10.2. The van der Waals surface area contributed by atoms with Crippen LogP contribution in [-0.4, -0.2) is 58.5 Å². The van der Waals surface area contributed by atoms with Gasteiger partial charge in [0, 0.05) is 42.5 Å². The molecule has 0 bridgehead atoms. The molecule has 9 heteroatoms. The number of nitrogens with zero attached hydrogens (tertiary/aromatic N) is 2. The summed E-state index contributed by atoms with van der Waals surface area (Å²) in [4.78, 5) is 36.2. The monoisotopic (exact) mass is 661 g/mol. The van der Waals surface area contributed by atoms with Crippen molar-refractivity contribution in [2.75, 3.05) is 11.9 Å². The Morgan fingerprint density at radius 3 is 1.78 bits per heavy atom. The van der Waals surface area contributed by atoms with E-state index < -0.39 is 0 Å². The molecule has 1 aromatic rings. The van der Waals surface area contributed by atoms with Gasteiger partial charge in [-0.15, -0.1) is 38.9 Å². The maximum atomic E-state index is 10.2. The Bertz CT molecular complexity index is 873. The summed E-state index contributed by atoms with van der Waals surface area (Å²) in [5, 5.41) is 6.77. The van der Waals surface area contributed by atoms with Crippen LogP contribution in [0.3, 0.4) is 0 Å². The number of amides is 3. The van der Waals surface area contributed by atoms with Crippen molar-refractivity contribution >= 4 is 36.5 Å². The average molecular weight is 662 g/mol. The molecular formula is C37H67N5O3S. The first-order valence-electron chi connectivity index (χ1n) is 16.3. The minimum absolute atomic E-state index is 0.0573. The third-order valence-electron chi connectivity index (χ3n) is 5.99. The lowest BCUT2D eigenvalue weighted by atomic mass is 10.1. The van der Waals surface area contributed by atoms with E-state index in [4.69, 9.17) is 0 Å². The summed E-state index contributed by atoms with van der Waals surface area (Å²) in [6, 6.07) is 5.66. The van der Waals surface area contributed by atoms with Gasteiger partial charge >= 0.3 is 0 Å². The smallest absolute Gasteiger partial charge is 0.226 e. The molecule has 2 atom stereocenters. The van der Waals surface area contributed by atoms with Crippen molar-refractivity contribution in [3.05, 3.63) is 36.5 Å². The fourth-order valence-corrected chi connectivity index (χ4v) is 3.83. The lowest BCUT2D eigenvalue weighted by molar-refractivity contribution is -0.118. The summed E-state index contributed by atoms with van der Waals surface area (Å²) in [5.41, 5.74) is 2.33. The highest BCUT2D eigenvalue weighted by atomic mass is 32.2. The van der Waals surface area contributed by atoms with Crippen LogP contribution < -0.4 is 15.4 Å². The van der Waals surface area contributed by atoms with Gasteiger partial charge in [0.2, 0.25) is 18.7 Å². The summed E-state index contributed by atoms with van der Waals surface area (Å²) in [5.74, 6) is 1.67. The highest BCUT2D eigenvalue weighted by Gasteiger charge is 2.22. The van der Waals surface area contributed by atoms with Crippen molar-refractivity contribution in [3.8, 4) is 25.7 Å². The molecule has 1 aromatic heterocycles. The van der Waals surface area contributed by atoms with Crippen molar-refractivity contribution < 1.29 is 14.4 Å². The first-order chi connectivity index (χ1) is 22.0. The van der Waals surface area contributed by atoms with E-state index in [1.54, 1.807) is 11.9 Å². The Morgan fingerprint density at radius 1 is 0.978 bits per heavy atom. The first kappa shape index (κ1) is 52.1. The van der Waals surface area contributed by atoms with Gasteiger partial charge in [0.25, 0.3) is 0 Å². The average Bonchev–Trinajstić information content (AvgIpc) is 4.01. The summed E-state index contributed by atoms with van der Waals surface area (Å²) < 4.78 is 2.69. The molecule has 1 aliphatic heterocycles. The van der Waals surface area contributed by atoms with E-state index in [1.165, 1.54) is 51.0 Å². The Labute approximate surface area is 288 Å². The van der Waals surface area contributed by atoms with Crippen molar-refractivity contribution in [2.45, 2.75) is 138 Å². The molecule has 1 saturated heterocycles. The number of likely N-dealkylation sites (tertiary alicyclic amines) is 1.